The first-order valence-corrected chi connectivity index (χ1v) is 6.26. The zero-order valence-corrected chi connectivity index (χ0v) is 10.9. The maximum Gasteiger partial charge on any atom is 0.239 e. The number of likely N-dealkylation sites (N-methyl/N-ethyl adjacent to an activating group) is 1. The normalized spacial score (nSPS) is 17.4. The third kappa shape index (κ3) is 5.95. The van der Waals surface area contributed by atoms with Gasteiger partial charge in [-0.25, -0.2) is 0 Å². The minimum Gasteiger partial charge on any atom is -0.353 e. The SMILES string of the molecule is CN1CCN(CCNC(=O)CNC(=O)CN)CC1. The van der Waals surface area contributed by atoms with Crippen LogP contribution in [0.15, 0.2) is 0 Å². The van der Waals surface area contributed by atoms with E-state index in [1.165, 1.54) is 0 Å². The Morgan fingerprint density at radius 1 is 1.11 bits per heavy atom. The van der Waals surface area contributed by atoms with Crippen LogP contribution in [0.25, 0.3) is 0 Å². The molecule has 18 heavy (non-hydrogen) atoms. The van der Waals surface area contributed by atoms with Gasteiger partial charge in [0.2, 0.25) is 11.8 Å². The van der Waals surface area contributed by atoms with Crippen LogP contribution in [0.4, 0.5) is 0 Å². The standard InChI is InChI=1S/C11H23N5O2/c1-15-4-6-16(7-5-15)3-2-13-11(18)9-14-10(17)8-12/h2-9,12H2,1H3,(H,13,18)(H,14,17). The molecule has 2 amide bonds. The molecule has 1 aliphatic rings. The van der Waals surface area contributed by atoms with E-state index in [0.717, 1.165) is 32.7 Å². The molecule has 0 bridgehead atoms. The van der Waals surface area contributed by atoms with E-state index in [2.05, 4.69) is 27.5 Å². The third-order valence-electron chi connectivity index (χ3n) is 2.98. The third-order valence-corrected chi connectivity index (χ3v) is 2.98. The fourth-order valence-corrected chi connectivity index (χ4v) is 1.74. The van der Waals surface area contributed by atoms with Crippen molar-refractivity contribution in [2.45, 2.75) is 0 Å². The lowest BCUT2D eigenvalue weighted by Gasteiger charge is -2.32. The van der Waals surface area contributed by atoms with Crippen LogP contribution in [0.5, 0.6) is 0 Å². The van der Waals surface area contributed by atoms with E-state index in [-0.39, 0.29) is 24.9 Å². The highest BCUT2D eigenvalue weighted by atomic mass is 16.2. The van der Waals surface area contributed by atoms with Crippen molar-refractivity contribution in [2.24, 2.45) is 5.73 Å². The van der Waals surface area contributed by atoms with Gasteiger partial charge in [-0.15, -0.1) is 0 Å². The quantitative estimate of drug-likeness (QED) is 0.486. The maximum absolute atomic E-state index is 11.4. The average molecular weight is 257 g/mol. The van der Waals surface area contributed by atoms with Crippen molar-refractivity contribution in [3.8, 4) is 0 Å². The summed E-state index contributed by atoms with van der Waals surface area (Å²) in [5.41, 5.74) is 5.11. The predicted molar refractivity (Wildman–Crippen MR) is 69.0 cm³/mol. The summed E-state index contributed by atoms with van der Waals surface area (Å²) in [5, 5.41) is 5.20. The first-order chi connectivity index (χ1) is 8.61. The summed E-state index contributed by atoms with van der Waals surface area (Å²) in [7, 11) is 2.11. The number of nitrogens with one attached hydrogen (secondary N) is 2. The Labute approximate surface area is 108 Å². The van der Waals surface area contributed by atoms with E-state index >= 15 is 0 Å². The molecule has 0 aromatic heterocycles. The second kappa shape index (κ2) is 8.02. The average Bonchev–Trinajstić information content (AvgIpc) is 2.38. The van der Waals surface area contributed by atoms with E-state index in [0.29, 0.717) is 6.54 Å². The highest BCUT2D eigenvalue weighted by Gasteiger charge is 2.13. The lowest BCUT2D eigenvalue weighted by atomic mass is 10.3. The second-order valence-corrected chi connectivity index (χ2v) is 4.48. The Bertz CT molecular complexity index is 277. The van der Waals surface area contributed by atoms with E-state index in [1.54, 1.807) is 0 Å². The molecule has 7 heteroatoms. The van der Waals surface area contributed by atoms with Gasteiger partial charge < -0.3 is 21.3 Å². The van der Waals surface area contributed by atoms with Crippen LogP contribution in [0.2, 0.25) is 0 Å². The van der Waals surface area contributed by atoms with Crippen molar-refractivity contribution in [1.82, 2.24) is 20.4 Å². The van der Waals surface area contributed by atoms with Gasteiger partial charge in [0.25, 0.3) is 0 Å². The molecule has 0 unspecified atom stereocenters. The van der Waals surface area contributed by atoms with Gasteiger partial charge in [-0.1, -0.05) is 0 Å². The molecule has 0 aromatic rings. The molecule has 1 fully saturated rings. The molecule has 0 spiro atoms. The molecular formula is C11H23N5O2. The van der Waals surface area contributed by atoms with Crippen molar-refractivity contribution in [3.05, 3.63) is 0 Å². The molecule has 0 atom stereocenters. The fourth-order valence-electron chi connectivity index (χ4n) is 1.74. The first kappa shape index (κ1) is 14.9. The van der Waals surface area contributed by atoms with Gasteiger partial charge in [-0.3, -0.25) is 14.5 Å². The van der Waals surface area contributed by atoms with Crippen molar-refractivity contribution >= 4 is 11.8 Å². The zero-order chi connectivity index (χ0) is 13.4. The number of hydrogen-bond donors (Lipinski definition) is 3. The molecule has 0 saturated carbocycles. The van der Waals surface area contributed by atoms with Gasteiger partial charge in [0.1, 0.15) is 0 Å². The van der Waals surface area contributed by atoms with E-state index < -0.39 is 0 Å². The number of nitrogens with two attached hydrogens (primary N) is 1. The Morgan fingerprint density at radius 3 is 2.39 bits per heavy atom. The van der Waals surface area contributed by atoms with E-state index in [9.17, 15) is 9.59 Å². The molecule has 0 aromatic carbocycles. The summed E-state index contributed by atoms with van der Waals surface area (Å²) in [4.78, 5) is 26.8. The Balaban J connectivity index is 2.03. The summed E-state index contributed by atoms with van der Waals surface area (Å²) >= 11 is 0. The van der Waals surface area contributed by atoms with Crippen LogP contribution in [0.3, 0.4) is 0 Å². The fraction of sp³-hybridized carbons (Fsp3) is 0.818. The number of hydrogen-bond acceptors (Lipinski definition) is 5. The Morgan fingerprint density at radius 2 is 1.78 bits per heavy atom. The van der Waals surface area contributed by atoms with E-state index in [4.69, 9.17) is 5.73 Å². The van der Waals surface area contributed by atoms with Crippen molar-refractivity contribution in [1.29, 1.82) is 0 Å². The molecule has 1 rings (SSSR count). The second-order valence-electron chi connectivity index (χ2n) is 4.48. The predicted octanol–water partition coefficient (Wildman–Crippen LogP) is -2.58. The number of piperazine rings is 1. The van der Waals surface area contributed by atoms with Gasteiger partial charge in [-0.2, -0.15) is 0 Å². The van der Waals surface area contributed by atoms with Crippen LogP contribution in [0.1, 0.15) is 0 Å². The molecule has 104 valence electrons. The van der Waals surface area contributed by atoms with Crippen LogP contribution < -0.4 is 16.4 Å². The van der Waals surface area contributed by atoms with Crippen LogP contribution in [-0.4, -0.2) is 81.0 Å². The minimum atomic E-state index is -0.316. The van der Waals surface area contributed by atoms with Crippen LogP contribution in [0, 0.1) is 0 Å². The summed E-state index contributed by atoms with van der Waals surface area (Å²) < 4.78 is 0. The summed E-state index contributed by atoms with van der Waals surface area (Å²) in [5.74, 6) is -0.491. The highest BCUT2D eigenvalue weighted by molar-refractivity contribution is 5.85. The summed E-state index contributed by atoms with van der Waals surface area (Å²) in [6, 6.07) is 0. The van der Waals surface area contributed by atoms with Crippen LogP contribution >= 0.6 is 0 Å². The molecule has 0 radical (unpaired) electrons. The number of amides is 2. The van der Waals surface area contributed by atoms with Crippen molar-refractivity contribution in [3.63, 3.8) is 0 Å². The molecule has 7 nitrogen and oxygen atoms in total. The number of carbonyl (C=O) groups excluding carboxylic acids is 2. The number of rotatable bonds is 6. The van der Waals surface area contributed by atoms with Gasteiger partial charge in [-0.05, 0) is 7.05 Å². The van der Waals surface area contributed by atoms with E-state index in [1.807, 2.05) is 0 Å². The van der Waals surface area contributed by atoms with Gasteiger partial charge in [0.05, 0.1) is 13.1 Å². The highest BCUT2D eigenvalue weighted by Crippen LogP contribution is 1.97. The molecule has 1 aliphatic heterocycles. The first-order valence-electron chi connectivity index (χ1n) is 6.26. The lowest BCUT2D eigenvalue weighted by Crippen LogP contribution is -2.47. The van der Waals surface area contributed by atoms with Crippen molar-refractivity contribution < 1.29 is 9.59 Å². The largest absolute Gasteiger partial charge is 0.353 e. The lowest BCUT2D eigenvalue weighted by molar-refractivity contribution is -0.125. The van der Waals surface area contributed by atoms with Crippen LogP contribution in [-0.2, 0) is 9.59 Å². The Hall–Kier alpha value is -1.18. The molecule has 1 heterocycles. The number of nitrogens with zero attached hydrogens (tertiary/aromatic N) is 2. The number of carbonyl (C=O) groups is 2. The Kier molecular flexibility index (Phi) is 6.63. The summed E-state index contributed by atoms with van der Waals surface area (Å²) in [6.07, 6.45) is 0. The monoisotopic (exact) mass is 257 g/mol. The minimum absolute atomic E-state index is 0.00122. The molecular weight excluding hydrogens is 234 g/mol. The maximum atomic E-state index is 11.4. The molecule has 0 aliphatic carbocycles. The smallest absolute Gasteiger partial charge is 0.239 e. The molecule has 4 N–H and O–H groups in total. The van der Waals surface area contributed by atoms with Gasteiger partial charge in [0, 0.05) is 39.3 Å². The summed E-state index contributed by atoms with van der Waals surface area (Å²) in [6.45, 7) is 5.59. The topological polar surface area (TPSA) is 90.7 Å². The van der Waals surface area contributed by atoms with Gasteiger partial charge >= 0.3 is 0 Å². The van der Waals surface area contributed by atoms with Gasteiger partial charge in [0.15, 0.2) is 0 Å². The van der Waals surface area contributed by atoms with Crippen molar-refractivity contribution in [2.75, 3.05) is 59.4 Å². The molecule has 1 saturated heterocycles. The zero-order valence-electron chi connectivity index (χ0n) is 10.9.